The lowest BCUT2D eigenvalue weighted by atomic mass is 9.33. The molecule has 2 aliphatic heterocycles. The Bertz CT molecular complexity index is 3190. The maximum absolute atomic E-state index is 2.67. The zero-order chi connectivity index (χ0) is 53.9. The Kier molecular flexibility index (Phi) is 12.5. The third-order valence-corrected chi connectivity index (χ3v) is 16.1. The summed E-state index contributed by atoms with van der Waals surface area (Å²) < 4.78 is 0. The van der Waals surface area contributed by atoms with Crippen molar-refractivity contribution in [1.29, 1.82) is 0 Å². The van der Waals surface area contributed by atoms with Crippen molar-refractivity contribution in [1.82, 2.24) is 0 Å². The highest BCUT2D eigenvalue weighted by atomic mass is 15.2. The van der Waals surface area contributed by atoms with Crippen molar-refractivity contribution in [2.24, 2.45) is 0 Å². The molecule has 0 unspecified atom stereocenters. The van der Waals surface area contributed by atoms with E-state index >= 15 is 0 Å². The predicted molar refractivity (Wildman–Crippen MR) is 329 cm³/mol. The van der Waals surface area contributed by atoms with Crippen molar-refractivity contribution in [3.8, 4) is 33.4 Å². The van der Waals surface area contributed by atoms with Crippen LogP contribution in [0.3, 0.4) is 0 Å². The Morgan fingerprint density at radius 3 is 0.933 bits per heavy atom. The van der Waals surface area contributed by atoms with Crippen LogP contribution in [-0.2, 0) is 32.5 Å². The summed E-state index contributed by atoms with van der Waals surface area (Å²) in [6.45, 7) is 42.5. The Balaban J connectivity index is 1.44. The fourth-order valence-electron chi connectivity index (χ4n) is 11.4. The minimum Gasteiger partial charge on any atom is -0.311 e. The first kappa shape index (κ1) is 51.9. The summed E-state index contributed by atoms with van der Waals surface area (Å²) in [5, 5.41) is 0. The second kappa shape index (κ2) is 18.0. The van der Waals surface area contributed by atoms with Gasteiger partial charge in [0, 0.05) is 34.1 Å². The molecule has 2 heterocycles. The van der Waals surface area contributed by atoms with E-state index in [4.69, 9.17) is 0 Å². The molecule has 0 spiro atoms. The Morgan fingerprint density at radius 2 is 0.613 bits per heavy atom. The minimum atomic E-state index is -0.0876. The van der Waals surface area contributed by atoms with Crippen LogP contribution >= 0.6 is 0 Å². The van der Waals surface area contributed by atoms with Gasteiger partial charge in [-0.1, -0.05) is 240 Å². The quantitative estimate of drug-likeness (QED) is 0.159. The van der Waals surface area contributed by atoms with Crippen molar-refractivity contribution < 1.29 is 0 Å². The maximum atomic E-state index is 2.67. The maximum Gasteiger partial charge on any atom is 0.252 e. The first-order chi connectivity index (χ1) is 35.0. The van der Waals surface area contributed by atoms with Gasteiger partial charge in [-0.3, -0.25) is 0 Å². The van der Waals surface area contributed by atoms with E-state index < -0.39 is 0 Å². The van der Waals surface area contributed by atoms with Crippen molar-refractivity contribution in [2.75, 3.05) is 9.80 Å². The van der Waals surface area contributed by atoms with E-state index in [1.807, 2.05) is 0 Å². The van der Waals surface area contributed by atoms with Crippen molar-refractivity contribution in [3.63, 3.8) is 0 Å². The van der Waals surface area contributed by atoms with E-state index in [0.717, 1.165) is 0 Å². The highest BCUT2D eigenvalue weighted by Gasteiger charge is 2.45. The Morgan fingerprint density at radius 1 is 0.280 bits per heavy atom. The van der Waals surface area contributed by atoms with E-state index in [9.17, 15) is 0 Å². The standard InChI is InChI=1S/C72H81BN2/c1-67(2,3)49-32-34-61-59(44-49)73-60-45-50(68(4,5)6)33-35-62(60)75(56-42-53(71(13,14)15)39-54(43-56)72(16,17)18)64-37-48(65-57(46-26-21-19-22-27-46)30-25-31-58(65)47-28-23-20-24-29-47)36-63(66(64)73)74(61)55-40-51(69(7,8)9)38-52(41-55)70(10,11)12/h19-45H,1-18H3. The largest absolute Gasteiger partial charge is 0.311 e. The van der Waals surface area contributed by atoms with Gasteiger partial charge in [-0.15, -0.1) is 0 Å². The van der Waals surface area contributed by atoms with Gasteiger partial charge in [0.1, 0.15) is 0 Å². The molecular formula is C72H81BN2. The van der Waals surface area contributed by atoms with Crippen molar-refractivity contribution >= 4 is 57.2 Å². The molecule has 0 saturated carbocycles. The van der Waals surface area contributed by atoms with E-state index in [0.29, 0.717) is 0 Å². The minimum absolute atomic E-state index is 0.0510. The molecule has 0 bridgehead atoms. The van der Waals surface area contributed by atoms with Gasteiger partial charge in [-0.05, 0) is 164 Å². The molecule has 0 saturated heterocycles. The average Bonchev–Trinajstić information content (AvgIpc) is 3.35. The number of hydrogen-bond donors (Lipinski definition) is 0. The molecule has 0 aliphatic carbocycles. The molecule has 0 aromatic heterocycles. The van der Waals surface area contributed by atoms with Crippen LogP contribution in [0.15, 0.2) is 164 Å². The number of rotatable bonds is 5. The SMILES string of the molecule is CC(C)(C)c1cc(N2c3ccc(C(C)(C)C)cc3B3c4cc(C(C)(C)C)ccc4N(c4cc(C(C)(C)C)cc(C(C)(C)C)c4)c4cc(-c5c(-c6ccccc6)cccc5-c5ccccc5)cc2c43)cc(C(C)(C)C)c1. The predicted octanol–water partition coefficient (Wildman–Crippen LogP) is 18.6. The van der Waals surface area contributed by atoms with Crippen molar-refractivity contribution in [2.45, 2.75) is 157 Å². The lowest BCUT2D eigenvalue weighted by Crippen LogP contribution is -2.61. The topological polar surface area (TPSA) is 6.48 Å². The van der Waals surface area contributed by atoms with Crippen LogP contribution in [0.25, 0.3) is 33.4 Å². The van der Waals surface area contributed by atoms with E-state index in [2.05, 4.69) is 298 Å². The molecule has 0 atom stereocenters. The molecule has 75 heavy (non-hydrogen) atoms. The van der Waals surface area contributed by atoms with Gasteiger partial charge in [0.25, 0.3) is 6.71 Å². The zero-order valence-corrected chi connectivity index (χ0v) is 48.6. The normalized spacial score (nSPS) is 13.9. The van der Waals surface area contributed by atoms with Crippen LogP contribution in [0.2, 0.25) is 0 Å². The molecule has 3 heteroatoms. The molecule has 0 fully saturated rings. The second-order valence-corrected chi connectivity index (χ2v) is 28.1. The molecule has 382 valence electrons. The van der Waals surface area contributed by atoms with Gasteiger partial charge in [0.05, 0.1) is 0 Å². The summed E-state index contributed by atoms with van der Waals surface area (Å²) in [5.41, 5.74) is 26.1. The summed E-state index contributed by atoms with van der Waals surface area (Å²) in [6.07, 6.45) is 0. The number of fused-ring (bicyclic) bond motifs is 4. The fraction of sp³-hybridized carbons (Fsp3) is 0.333. The van der Waals surface area contributed by atoms with Crippen LogP contribution in [0.4, 0.5) is 34.1 Å². The summed E-state index contributed by atoms with van der Waals surface area (Å²) in [6, 6.07) is 63.9. The van der Waals surface area contributed by atoms with E-state index in [1.165, 1.54) is 117 Å². The first-order valence-corrected chi connectivity index (χ1v) is 27.6. The lowest BCUT2D eigenvalue weighted by Gasteiger charge is -2.46. The molecule has 2 aliphatic rings. The third kappa shape index (κ3) is 9.60. The molecular weight excluding hydrogens is 904 g/mol. The summed E-state index contributed by atoms with van der Waals surface area (Å²) in [5.74, 6) is 0. The number of nitrogens with zero attached hydrogens (tertiary/aromatic N) is 2. The summed E-state index contributed by atoms with van der Waals surface area (Å²) in [7, 11) is 0. The van der Waals surface area contributed by atoms with Gasteiger partial charge in [0.15, 0.2) is 0 Å². The smallest absolute Gasteiger partial charge is 0.252 e. The van der Waals surface area contributed by atoms with E-state index in [1.54, 1.807) is 0 Å². The van der Waals surface area contributed by atoms with Crippen LogP contribution in [-0.4, -0.2) is 6.71 Å². The molecule has 0 radical (unpaired) electrons. The monoisotopic (exact) mass is 985 g/mol. The van der Waals surface area contributed by atoms with Gasteiger partial charge >= 0.3 is 0 Å². The second-order valence-electron chi connectivity index (χ2n) is 28.1. The van der Waals surface area contributed by atoms with Gasteiger partial charge in [0.2, 0.25) is 0 Å². The number of benzene rings is 8. The Labute approximate surface area is 452 Å². The van der Waals surface area contributed by atoms with Crippen molar-refractivity contribution in [3.05, 3.63) is 197 Å². The number of hydrogen-bond acceptors (Lipinski definition) is 2. The van der Waals surface area contributed by atoms with Crippen LogP contribution in [0, 0.1) is 0 Å². The highest BCUT2D eigenvalue weighted by molar-refractivity contribution is 7.00. The molecule has 8 aromatic carbocycles. The van der Waals surface area contributed by atoms with Gasteiger partial charge in [-0.2, -0.15) is 0 Å². The fourth-order valence-corrected chi connectivity index (χ4v) is 11.4. The molecule has 2 nitrogen and oxygen atoms in total. The van der Waals surface area contributed by atoms with Gasteiger partial charge < -0.3 is 9.80 Å². The summed E-state index contributed by atoms with van der Waals surface area (Å²) in [4.78, 5) is 5.34. The first-order valence-electron chi connectivity index (χ1n) is 27.6. The van der Waals surface area contributed by atoms with Crippen LogP contribution in [0.5, 0.6) is 0 Å². The van der Waals surface area contributed by atoms with E-state index in [-0.39, 0.29) is 39.2 Å². The van der Waals surface area contributed by atoms with Crippen LogP contribution < -0.4 is 26.2 Å². The lowest BCUT2D eigenvalue weighted by molar-refractivity contribution is 0.568. The third-order valence-electron chi connectivity index (χ3n) is 16.1. The zero-order valence-electron chi connectivity index (χ0n) is 48.6. The molecule has 0 amide bonds. The Hall–Kier alpha value is -6.58. The molecule has 8 aromatic rings. The summed E-state index contributed by atoms with van der Waals surface area (Å²) >= 11 is 0. The highest BCUT2D eigenvalue weighted by Crippen LogP contribution is 2.51. The number of anilines is 6. The van der Waals surface area contributed by atoms with Gasteiger partial charge in [-0.25, -0.2) is 0 Å². The molecule has 10 rings (SSSR count). The average molecular weight is 985 g/mol. The van der Waals surface area contributed by atoms with Crippen LogP contribution in [0.1, 0.15) is 158 Å². The molecule has 0 N–H and O–H groups in total.